The molecule has 114 valence electrons. The lowest BCUT2D eigenvalue weighted by molar-refractivity contribution is 0.213. The summed E-state index contributed by atoms with van der Waals surface area (Å²) in [6.07, 6.45) is 0. The molecule has 0 aliphatic rings. The van der Waals surface area contributed by atoms with Crippen LogP contribution in [0, 0.1) is 6.92 Å². The van der Waals surface area contributed by atoms with Gasteiger partial charge in [-0.2, -0.15) is 0 Å². The summed E-state index contributed by atoms with van der Waals surface area (Å²) in [5, 5.41) is 5.82. The van der Waals surface area contributed by atoms with Gasteiger partial charge < -0.3 is 5.32 Å². The molecule has 0 saturated carbocycles. The highest BCUT2D eigenvalue weighted by Crippen LogP contribution is 2.20. The quantitative estimate of drug-likeness (QED) is 0.785. The molecule has 0 bridgehead atoms. The van der Waals surface area contributed by atoms with Crippen molar-refractivity contribution in [2.75, 3.05) is 19.6 Å². The van der Waals surface area contributed by atoms with Crippen LogP contribution in [0.25, 0.3) is 0 Å². The van der Waals surface area contributed by atoms with E-state index in [9.17, 15) is 0 Å². The highest BCUT2D eigenvalue weighted by atomic mass is 32.1. The molecule has 0 fully saturated rings. The first-order chi connectivity index (χ1) is 10.3. The van der Waals surface area contributed by atoms with Crippen LogP contribution in [0.5, 0.6) is 0 Å². The van der Waals surface area contributed by atoms with E-state index in [1.807, 2.05) is 11.3 Å². The lowest BCUT2D eigenvalue weighted by atomic mass is 10.1. The number of aryl methyl sites for hydroxylation is 1. The molecule has 1 heterocycles. The second-order valence-corrected chi connectivity index (χ2v) is 6.31. The normalized spacial score (nSPS) is 12.8. The van der Waals surface area contributed by atoms with E-state index in [0.29, 0.717) is 6.04 Å². The minimum atomic E-state index is 0.446. The van der Waals surface area contributed by atoms with Crippen LogP contribution in [-0.2, 0) is 6.54 Å². The van der Waals surface area contributed by atoms with Crippen molar-refractivity contribution >= 4 is 11.3 Å². The molecule has 2 rings (SSSR count). The maximum atomic E-state index is 3.65. The number of likely N-dealkylation sites (N-methyl/N-ethyl adjacent to an activating group) is 1. The van der Waals surface area contributed by atoms with Gasteiger partial charge in [0.1, 0.15) is 0 Å². The largest absolute Gasteiger partial charge is 0.310 e. The summed E-state index contributed by atoms with van der Waals surface area (Å²) in [4.78, 5) is 3.96. The van der Waals surface area contributed by atoms with Gasteiger partial charge in [-0.15, -0.1) is 11.3 Å². The van der Waals surface area contributed by atoms with E-state index in [4.69, 9.17) is 0 Å². The highest BCUT2D eigenvalue weighted by Gasteiger charge is 2.17. The van der Waals surface area contributed by atoms with Gasteiger partial charge in [0.25, 0.3) is 0 Å². The van der Waals surface area contributed by atoms with Gasteiger partial charge in [-0.1, -0.05) is 44.2 Å². The van der Waals surface area contributed by atoms with E-state index in [-0.39, 0.29) is 0 Å². The third-order valence-corrected chi connectivity index (χ3v) is 5.05. The molecular formula is C18H26N2S. The molecule has 0 radical (unpaired) electrons. The summed E-state index contributed by atoms with van der Waals surface area (Å²) in [5.74, 6) is 0. The van der Waals surface area contributed by atoms with Gasteiger partial charge in [-0.05, 0) is 42.6 Å². The van der Waals surface area contributed by atoms with Crippen LogP contribution in [-0.4, -0.2) is 24.5 Å². The molecule has 0 saturated heterocycles. The summed E-state index contributed by atoms with van der Waals surface area (Å²) in [6.45, 7) is 10.8. The van der Waals surface area contributed by atoms with Gasteiger partial charge in [-0.3, -0.25) is 4.90 Å². The van der Waals surface area contributed by atoms with E-state index in [1.165, 1.54) is 16.0 Å². The number of rotatable bonds is 8. The Labute approximate surface area is 132 Å². The van der Waals surface area contributed by atoms with Crippen LogP contribution in [0.1, 0.15) is 35.9 Å². The maximum absolute atomic E-state index is 3.65. The van der Waals surface area contributed by atoms with E-state index >= 15 is 0 Å². The Hall–Kier alpha value is -1.16. The van der Waals surface area contributed by atoms with Gasteiger partial charge in [0.05, 0.1) is 0 Å². The fraction of sp³-hybridized carbons (Fsp3) is 0.444. The molecule has 0 spiro atoms. The highest BCUT2D eigenvalue weighted by molar-refractivity contribution is 7.10. The average molecular weight is 302 g/mol. The second kappa shape index (κ2) is 8.32. The molecule has 2 aromatic rings. The van der Waals surface area contributed by atoms with Crippen molar-refractivity contribution < 1.29 is 0 Å². The molecule has 1 N–H and O–H groups in total. The fourth-order valence-corrected chi connectivity index (χ4v) is 3.58. The van der Waals surface area contributed by atoms with Crippen molar-refractivity contribution in [3.8, 4) is 0 Å². The average Bonchev–Trinajstić information content (AvgIpc) is 2.93. The fourth-order valence-electron chi connectivity index (χ4n) is 2.70. The number of thiophene rings is 1. The number of benzene rings is 1. The van der Waals surface area contributed by atoms with E-state index in [1.54, 1.807) is 0 Å². The molecule has 1 unspecified atom stereocenters. The van der Waals surface area contributed by atoms with Crippen LogP contribution in [0.4, 0.5) is 0 Å². The predicted molar refractivity (Wildman–Crippen MR) is 92.9 cm³/mol. The lowest BCUT2D eigenvalue weighted by Gasteiger charge is -2.30. The van der Waals surface area contributed by atoms with Crippen molar-refractivity contribution in [1.82, 2.24) is 10.2 Å². The van der Waals surface area contributed by atoms with Crippen LogP contribution in [0.3, 0.4) is 0 Å². The molecule has 0 aliphatic carbocycles. The van der Waals surface area contributed by atoms with Crippen molar-refractivity contribution in [2.24, 2.45) is 0 Å². The summed E-state index contributed by atoms with van der Waals surface area (Å²) < 4.78 is 0. The molecular weight excluding hydrogens is 276 g/mol. The first kappa shape index (κ1) is 16.2. The predicted octanol–water partition coefficient (Wildman–Crippen LogP) is 4.23. The number of hydrogen-bond acceptors (Lipinski definition) is 3. The minimum Gasteiger partial charge on any atom is -0.310 e. The van der Waals surface area contributed by atoms with Crippen LogP contribution >= 0.6 is 11.3 Å². The minimum absolute atomic E-state index is 0.446. The third-order valence-electron chi connectivity index (χ3n) is 4.03. The zero-order chi connectivity index (χ0) is 15.1. The summed E-state index contributed by atoms with van der Waals surface area (Å²) in [5.41, 5.74) is 2.79. The van der Waals surface area contributed by atoms with Crippen LogP contribution in [0.15, 0.2) is 41.8 Å². The van der Waals surface area contributed by atoms with Crippen LogP contribution in [0.2, 0.25) is 0 Å². The zero-order valence-electron chi connectivity index (χ0n) is 13.3. The number of nitrogens with zero attached hydrogens (tertiary/aromatic N) is 1. The molecule has 0 amide bonds. The molecule has 1 aromatic carbocycles. The van der Waals surface area contributed by atoms with Crippen LogP contribution < -0.4 is 5.32 Å². The topological polar surface area (TPSA) is 15.3 Å². The van der Waals surface area contributed by atoms with Gasteiger partial charge in [0.15, 0.2) is 0 Å². The number of hydrogen-bond donors (Lipinski definition) is 1. The Kier molecular flexibility index (Phi) is 6.43. The monoisotopic (exact) mass is 302 g/mol. The van der Waals surface area contributed by atoms with Crippen molar-refractivity contribution in [2.45, 2.75) is 33.4 Å². The molecule has 21 heavy (non-hydrogen) atoms. The molecule has 1 aromatic heterocycles. The third kappa shape index (κ3) is 4.40. The summed E-state index contributed by atoms with van der Waals surface area (Å²) in [6, 6.07) is 13.5. The number of nitrogens with one attached hydrogen (secondary N) is 1. The Bertz CT molecular complexity index is 517. The van der Waals surface area contributed by atoms with Gasteiger partial charge >= 0.3 is 0 Å². The molecule has 0 aliphatic heterocycles. The first-order valence-electron chi connectivity index (χ1n) is 7.78. The second-order valence-electron chi connectivity index (χ2n) is 5.31. The van der Waals surface area contributed by atoms with E-state index in [2.05, 4.69) is 72.8 Å². The Morgan fingerprint density at radius 3 is 2.38 bits per heavy atom. The zero-order valence-corrected chi connectivity index (χ0v) is 14.1. The molecule has 3 heteroatoms. The lowest BCUT2D eigenvalue weighted by Crippen LogP contribution is -2.35. The summed E-state index contributed by atoms with van der Waals surface area (Å²) >= 11 is 1.84. The van der Waals surface area contributed by atoms with Gasteiger partial charge in [0.2, 0.25) is 0 Å². The smallest absolute Gasteiger partial charge is 0.0472 e. The molecule has 2 nitrogen and oxygen atoms in total. The Morgan fingerprint density at radius 2 is 1.81 bits per heavy atom. The van der Waals surface area contributed by atoms with Gasteiger partial charge in [-0.25, -0.2) is 0 Å². The SMILES string of the molecule is CCN(CC)C(CNCc1sccc1C)c1ccccc1. The van der Waals surface area contributed by atoms with Gasteiger partial charge in [0, 0.05) is 24.0 Å². The van der Waals surface area contributed by atoms with Crippen molar-refractivity contribution in [3.63, 3.8) is 0 Å². The van der Waals surface area contributed by atoms with E-state index in [0.717, 1.165) is 26.2 Å². The van der Waals surface area contributed by atoms with Crippen molar-refractivity contribution in [1.29, 1.82) is 0 Å². The Balaban J connectivity index is 2.01. The maximum Gasteiger partial charge on any atom is 0.0472 e. The first-order valence-corrected chi connectivity index (χ1v) is 8.66. The van der Waals surface area contributed by atoms with E-state index < -0.39 is 0 Å². The Morgan fingerprint density at radius 1 is 1.10 bits per heavy atom. The van der Waals surface area contributed by atoms with Crippen molar-refractivity contribution in [3.05, 3.63) is 57.8 Å². The summed E-state index contributed by atoms with van der Waals surface area (Å²) in [7, 11) is 0. The molecule has 1 atom stereocenters. The standard InChI is InChI=1S/C18H26N2S/c1-4-20(5-2)17(16-9-7-6-8-10-16)13-19-14-18-15(3)11-12-21-18/h6-12,17,19H,4-5,13-14H2,1-3H3.